The first-order valence-corrected chi connectivity index (χ1v) is 8.75. The van der Waals surface area contributed by atoms with E-state index in [9.17, 15) is 15.0 Å². The Bertz CT molecular complexity index is 710. The molecule has 1 aliphatic heterocycles. The molecule has 0 bridgehead atoms. The molecule has 1 aliphatic carbocycles. The van der Waals surface area contributed by atoms with Crippen molar-refractivity contribution in [2.75, 3.05) is 13.2 Å². The predicted octanol–water partition coefficient (Wildman–Crippen LogP) is 3.29. The molecule has 3 atom stereocenters. The zero-order chi connectivity index (χ0) is 18.0. The number of amides is 1. The number of rotatable bonds is 3. The summed E-state index contributed by atoms with van der Waals surface area (Å²) in [6.07, 6.45) is 7.20. The molecule has 3 unspecified atom stereocenters. The van der Waals surface area contributed by atoms with Crippen LogP contribution in [0.1, 0.15) is 32.3 Å². The number of hydrogen-bond donors (Lipinski definition) is 2. The van der Waals surface area contributed by atoms with Crippen molar-refractivity contribution in [1.82, 2.24) is 4.90 Å². The zero-order valence-corrected chi connectivity index (χ0v) is 14.7. The van der Waals surface area contributed by atoms with Gasteiger partial charge in [0.25, 0.3) is 0 Å². The molecule has 1 fully saturated rings. The molecule has 5 nitrogen and oxygen atoms in total. The second kappa shape index (κ2) is 7.31. The van der Waals surface area contributed by atoms with Crippen molar-refractivity contribution in [2.24, 2.45) is 11.8 Å². The van der Waals surface area contributed by atoms with E-state index >= 15 is 0 Å². The van der Waals surface area contributed by atoms with E-state index in [0.717, 1.165) is 12.8 Å². The summed E-state index contributed by atoms with van der Waals surface area (Å²) in [6, 6.07) is 4.30. The van der Waals surface area contributed by atoms with E-state index in [-0.39, 0.29) is 23.6 Å². The summed E-state index contributed by atoms with van der Waals surface area (Å²) in [5.74, 6) is 0.514. The highest BCUT2D eigenvalue weighted by Gasteiger charge is 2.38. The van der Waals surface area contributed by atoms with Gasteiger partial charge in [-0.15, -0.1) is 0 Å². The normalized spacial score (nSPS) is 26.9. The molecule has 1 aromatic carbocycles. The highest BCUT2D eigenvalue weighted by atomic mass is 16.5. The first kappa shape index (κ1) is 17.5. The molecule has 0 radical (unpaired) electrons. The number of nitrogens with zero attached hydrogens (tertiary/aromatic N) is 1. The summed E-state index contributed by atoms with van der Waals surface area (Å²) in [5, 5.41) is 19.1. The Morgan fingerprint density at radius 2 is 2.16 bits per heavy atom. The van der Waals surface area contributed by atoms with Crippen LogP contribution in [0.4, 0.5) is 0 Å². The van der Waals surface area contributed by atoms with E-state index in [1.165, 1.54) is 23.8 Å². The number of phenols is 2. The molecule has 1 amide bonds. The number of aromatic hydroxyl groups is 2. The molecular formula is C20H25NO4. The fraction of sp³-hybridized carbons (Fsp3) is 0.450. The lowest BCUT2D eigenvalue weighted by Crippen LogP contribution is -2.42. The van der Waals surface area contributed by atoms with Crippen LogP contribution in [0.15, 0.2) is 35.9 Å². The smallest absolute Gasteiger partial charge is 0.248 e. The highest BCUT2D eigenvalue weighted by molar-refractivity contribution is 5.92. The maximum Gasteiger partial charge on any atom is 0.248 e. The van der Waals surface area contributed by atoms with Crippen LogP contribution >= 0.6 is 0 Å². The highest BCUT2D eigenvalue weighted by Crippen LogP contribution is 2.35. The summed E-state index contributed by atoms with van der Waals surface area (Å²) in [6.45, 7) is 5.47. The van der Waals surface area contributed by atoms with E-state index in [4.69, 9.17) is 4.74 Å². The number of phenolic OH excluding ortho intramolecular Hbond substituents is 2. The Balaban J connectivity index is 1.71. The number of hydrogen-bond acceptors (Lipinski definition) is 4. The van der Waals surface area contributed by atoms with Crippen molar-refractivity contribution in [3.8, 4) is 11.5 Å². The Hall–Kier alpha value is -2.27. The molecule has 5 heteroatoms. The van der Waals surface area contributed by atoms with Gasteiger partial charge in [0, 0.05) is 30.2 Å². The third-order valence-electron chi connectivity index (χ3n) is 5.09. The molecule has 1 heterocycles. The van der Waals surface area contributed by atoms with E-state index in [0.29, 0.717) is 30.6 Å². The van der Waals surface area contributed by atoms with Gasteiger partial charge in [-0.25, -0.2) is 0 Å². The van der Waals surface area contributed by atoms with Crippen molar-refractivity contribution in [1.29, 1.82) is 0 Å². The summed E-state index contributed by atoms with van der Waals surface area (Å²) < 4.78 is 5.88. The molecule has 0 aromatic heterocycles. The second-order valence-corrected chi connectivity index (χ2v) is 6.94. The molecule has 1 saturated heterocycles. The lowest BCUT2D eigenvalue weighted by molar-refractivity contribution is -0.134. The molecule has 3 rings (SSSR count). The van der Waals surface area contributed by atoms with Crippen LogP contribution in [-0.2, 0) is 9.53 Å². The average molecular weight is 343 g/mol. The van der Waals surface area contributed by atoms with E-state index in [2.05, 4.69) is 19.9 Å². The molecule has 134 valence electrons. The van der Waals surface area contributed by atoms with Gasteiger partial charge in [-0.2, -0.15) is 0 Å². The maximum atomic E-state index is 12.6. The predicted molar refractivity (Wildman–Crippen MR) is 95.9 cm³/mol. The minimum absolute atomic E-state index is 0.0105. The molecular weight excluding hydrogens is 318 g/mol. The largest absolute Gasteiger partial charge is 0.508 e. The third-order valence-corrected chi connectivity index (χ3v) is 5.09. The number of carbonyl (C=O) groups is 1. The van der Waals surface area contributed by atoms with Crippen molar-refractivity contribution >= 4 is 12.0 Å². The van der Waals surface area contributed by atoms with Crippen LogP contribution in [0.3, 0.4) is 0 Å². The Morgan fingerprint density at radius 1 is 1.36 bits per heavy atom. The van der Waals surface area contributed by atoms with E-state index in [1.54, 1.807) is 17.0 Å². The quantitative estimate of drug-likeness (QED) is 0.653. The lowest BCUT2D eigenvalue weighted by atomic mass is 9.80. The van der Waals surface area contributed by atoms with Gasteiger partial charge < -0.3 is 19.8 Å². The molecule has 2 aliphatic rings. The number of allylic oxidation sites excluding steroid dienone is 2. The zero-order valence-electron chi connectivity index (χ0n) is 14.7. The summed E-state index contributed by atoms with van der Waals surface area (Å²) in [5.41, 5.74) is 1.90. The average Bonchev–Trinajstić information content (AvgIpc) is 3.03. The topological polar surface area (TPSA) is 70.0 Å². The SMILES string of the molecule is CC1=CC(C)C(C2OCCN2C(=O)C=Cc2ccc(O)cc2O)CC1. The standard InChI is InChI=1S/C20H25NO4/c1-13-3-7-17(14(2)11-13)20-21(9-10-25-20)19(24)8-5-15-4-6-16(22)12-18(15)23/h4-6,8,11-12,14,17,20,22-23H,3,7,9-10H2,1-2H3. The van der Waals surface area contributed by atoms with Crippen LogP contribution in [0, 0.1) is 11.8 Å². The molecule has 0 saturated carbocycles. The fourth-order valence-corrected chi connectivity index (χ4v) is 3.72. The van der Waals surface area contributed by atoms with Crippen molar-refractivity contribution in [3.05, 3.63) is 41.5 Å². The van der Waals surface area contributed by atoms with Gasteiger partial charge in [0.2, 0.25) is 5.91 Å². The third kappa shape index (κ3) is 3.87. The Kier molecular flexibility index (Phi) is 5.13. The van der Waals surface area contributed by atoms with Gasteiger partial charge in [0.15, 0.2) is 0 Å². The van der Waals surface area contributed by atoms with Crippen LogP contribution in [0.25, 0.3) is 6.08 Å². The minimum Gasteiger partial charge on any atom is -0.508 e. The van der Waals surface area contributed by atoms with Crippen LogP contribution < -0.4 is 0 Å². The first-order valence-electron chi connectivity index (χ1n) is 8.75. The van der Waals surface area contributed by atoms with Gasteiger partial charge in [0.1, 0.15) is 17.7 Å². The van der Waals surface area contributed by atoms with Gasteiger partial charge in [-0.3, -0.25) is 4.79 Å². The monoisotopic (exact) mass is 343 g/mol. The first-order chi connectivity index (χ1) is 12.0. The van der Waals surface area contributed by atoms with Crippen molar-refractivity contribution in [2.45, 2.75) is 32.9 Å². The maximum absolute atomic E-state index is 12.6. The van der Waals surface area contributed by atoms with Gasteiger partial charge >= 0.3 is 0 Å². The van der Waals surface area contributed by atoms with Gasteiger partial charge in [-0.1, -0.05) is 18.6 Å². The van der Waals surface area contributed by atoms with E-state index in [1.807, 2.05) is 0 Å². The van der Waals surface area contributed by atoms with Crippen LogP contribution in [-0.4, -0.2) is 40.4 Å². The summed E-state index contributed by atoms with van der Waals surface area (Å²) in [4.78, 5) is 14.4. The minimum atomic E-state index is -0.190. The van der Waals surface area contributed by atoms with E-state index < -0.39 is 0 Å². The van der Waals surface area contributed by atoms with Crippen LogP contribution in [0.2, 0.25) is 0 Å². The molecule has 2 N–H and O–H groups in total. The van der Waals surface area contributed by atoms with Crippen LogP contribution in [0.5, 0.6) is 11.5 Å². The molecule has 0 spiro atoms. The lowest BCUT2D eigenvalue weighted by Gasteiger charge is -2.35. The van der Waals surface area contributed by atoms with Crippen molar-refractivity contribution in [3.63, 3.8) is 0 Å². The number of benzene rings is 1. The van der Waals surface area contributed by atoms with Gasteiger partial charge in [-0.05, 0) is 43.9 Å². The molecule has 1 aromatic rings. The van der Waals surface area contributed by atoms with Crippen molar-refractivity contribution < 1.29 is 19.7 Å². The fourth-order valence-electron chi connectivity index (χ4n) is 3.72. The van der Waals surface area contributed by atoms with Gasteiger partial charge in [0.05, 0.1) is 6.61 Å². The number of ether oxygens (including phenoxy) is 1. The second-order valence-electron chi connectivity index (χ2n) is 6.94. The number of carbonyl (C=O) groups excluding carboxylic acids is 1. The summed E-state index contributed by atoms with van der Waals surface area (Å²) >= 11 is 0. The Morgan fingerprint density at radius 3 is 2.88 bits per heavy atom. The Labute approximate surface area is 148 Å². The summed E-state index contributed by atoms with van der Waals surface area (Å²) in [7, 11) is 0. The molecule has 25 heavy (non-hydrogen) atoms.